The zero-order valence-electron chi connectivity index (χ0n) is 14.6. The van der Waals surface area contributed by atoms with Crippen LogP contribution < -0.4 is 21.7 Å². The molecule has 12 heteroatoms. The van der Waals surface area contributed by atoms with E-state index < -0.39 is 61.1 Å². The van der Waals surface area contributed by atoms with Gasteiger partial charge in [0.2, 0.25) is 17.7 Å². The zero-order chi connectivity index (χ0) is 20.3. The third-order valence-electron chi connectivity index (χ3n) is 3.31. The molecule has 0 aliphatic heterocycles. The van der Waals surface area contributed by atoms with Gasteiger partial charge in [0.25, 0.3) is 0 Å². The molecule has 0 saturated carbocycles. The molecule has 150 valence electrons. The molecule has 0 bridgehead atoms. The second-order valence-corrected chi connectivity index (χ2v) is 6.45. The summed E-state index contributed by atoms with van der Waals surface area (Å²) in [6, 6.07) is -3.74. The number of aliphatic carboxylic acids is 1. The topological polar surface area (TPSA) is 191 Å². The number of carboxylic acid groups (broad SMARTS) is 1. The maximum atomic E-state index is 12.0. The number of carbonyl (C=O) groups is 4. The molecule has 0 spiro atoms. The van der Waals surface area contributed by atoms with Crippen molar-refractivity contribution in [3.63, 3.8) is 0 Å². The number of hydrogen-bond donors (Lipinski definition) is 7. The lowest BCUT2D eigenvalue weighted by atomic mass is 10.2. The predicted octanol–water partition coefficient (Wildman–Crippen LogP) is -3.39. The first-order valence-electron chi connectivity index (χ1n) is 7.77. The van der Waals surface area contributed by atoms with Crippen molar-refractivity contribution in [1.29, 1.82) is 0 Å². The molecule has 11 nitrogen and oxygen atoms in total. The van der Waals surface area contributed by atoms with Crippen LogP contribution in [0.5, 0.6) is 0 Å². The van der Waals surface area contributed by atoms with E-state index in [-0.39, 0.29) is 6.42 Å². The smallest absolute Gasteiger partial charge is 0.326 e. The highest BCUT2D eigenvalue weighted by Crippen LogP contribution is 2.01. The Balaban J connectivity index is 4.58. The second-order valence-electron chi connectivity index (χ2n) is 5.47. The summed E-state index contributed by atoms with van der Waals surface area (Å²) in [6.07, 6.45) is 0.861. The molecule has 0 rings (SSSR count). The third kappa shape index (κ3) is 8.99. The fourth-order valence-corrected chi connectivity index (χ4v) is 2.18. The minimum absolute atomic E-state index is 0.182. The van der Waals surface area contributed by atoms with Crippen LogP contribution in [0.3, 0.4) is 0 Å². The van der Waals surface area contributed by atoms with E-state index in [9.17, 15) is 29.4 Å². The highest BCUT2D eigenvalue weighted by Gasteiger charge is 2.26. The Bertz CT molecular complexity index is 504. The van der Waals surface area contributed by atoms with Crippen molar-refractivity contribution in [2.75, 3.05) is 25.2 Å². The maximum absolute atomic E-state index is 12.0. The first-order valence-corrected chi connectivity index (χ1v) is 9.17. The highest BCUT2D eigenvalue weighted by atomic mass is 32.2. The molecule has 4 unspecified atom stereocenters. The van der Waals surface area contributed by atoms with Gasteiger partial charge < -0.3 is 37.0 Å². The van der Waals surface area contributed by atoms with Crippen LogP contribution in [-0.2, 0) is 19.2 Å². The average molecular weight is 394 g/mol. The van der Waals surface area contributed by atoms with Crippen molar-refractivity contribution < 1.29 is 34.5 Å². The minimum atomic E-state index is -1.37. The van der Waals surface area contributed by atoms with Crippen molar-refractivity contribution in [2.45, 2.75) is 37.6 Å². The number of carbonyl (C=O) groups excluding carboxylic acids is 3. The van der Waals surface area contributed by atoms with Crippen LogP contribution in [0.1, 0.15) is 13.3 Å². The van der Waals surface area contributed by atoms with E-state index in [4.69, 9.17) is 10.8 Å². The molecular formula is C14H26N4O7S. The van der Waals surface area contributed by atoms with Gasteiger partial charge in [0.15, 0.2) is 0 Å². The van der Waals surface area contributed by atoms with E-state index in [1.54, 1.807) is 6.26 Å². The van der Waals surface area contributed by atoms with Gasteiger partial charge in [0.1, 0.15) is 18.1 Å². The molecule has 0 aliphatic carbocycles. The lowest BCUT2D eigenvalue weighted by Crippen LogP contribution is -2.55. The molecule has 0 aromatic rings. The van der Waals surface area contributed by atoms with Gasteiger partial charge in [-0.05, 0) is 25.4 Å². The molecule has 0 heterocycles. The van der Waals surface area contributed by atoms with Crippen LogP contribution in [-0.4, -0.2) is 88.4 Å². The Morgan fingerprint density at radius 3 is 2.19 bits per heavy atom. The molecule has 0 aromatic carbocycles. The molecule has 26 heavy (non-hydrogen) atoms. The summed E-state index contributed by atoms with van der Waals surface area (Å²) in [7, 11) is 0. The van der Waals surface area contributed by atoms with Gasteiger partial charge in [-0.3, -0.25) is 14.4 Å². The molecule has 0 aromatic heterocycles. The minimum Gasteiger partial charge on any atom is -0.480 e. The van der Waals surface area contributed by atoms with Crippen molar-refractivity contribution >= 4 is 35.5 Å². The number of carboxylic acids is 1. The summed E-state index contributed by atoms with van der Waals surface area (Å²) in [6.45, 7) is 0.0256. The van der Waals surface area contributed by atoms with E-state index in [1.165, 1.54) is 18.7 Å². The van der Waals surface area contributed by atoms with Crippen molar-refractivity contribution in [1.82, 2.24) is 16.0 Å². The maximum Gasteiger partial charge on any atom is 0.326 e. The van der Waals surface area contributed by atoms with Crippen LogP contribution in [0, 0.1) is 0 Å². The number of rotatable bonds is 12. The number of nitrogens with one attached hydrogen (secondary N) is 3. The monoisotopic (exact) mass is 394 g/mol. The zero-order valence-corrected chi connectivity index (χ0v) is 15.4. The molecule has 0 fully saturated rings. The summed E-state index contributed by atoms with van der Waals surface area (Å²) >= 11 is 1.41. The van der Waals surface area contributed by atoms with Gasteiger partial charge in [-0.1, -0.05) is 0 Å². The van der Waals surface area contributed by atoms with E-state index in [0.717, 1.165) is 0 Å². The van der Waals surface area contributed by atoms with Crippen LogP contribution >= 0.6 is 11.8 Å². The van der Waals surface area contributed by atoms with Crippen molar-refractivity contribution in [2.24, 2.45) is 5.73 Å². The predicted molar refractivity (Wildman–Crippen MR) is 94.2 cm³/mol. The quantitative estimate of drug-likeness (QED) is 0.177. The number of amides is 3. The Morgan fingerprint density at radius 1 is 1.12 bits per heavy atom. The number of aliphatic hydroxyl groups excluding tert-OH is 2. The van der Waals surface area contributed by atoms with Crippen LogP contribution in [0.4, 0.5) is 0 Å². The first kappa shape index (κ1) is 24.1. The second kappa shape index (κ2) is 12.5. The van der Waals surface area contributed by atoms with Gasteiger partial charge in [-0.25, -0.2) is 4.79 Å². The van der Waals surface area contributed by atoms with E-state index in [2.05, 4.69) is 16.0 Å². The number of hydrogen-bond acceptors (Lipinski definition) is 8. The molecule has 0 saturated heterocycles. The van der Waals surface area contributed by atoms with Crippen molar-refractivity contribution in [3.05, 3.63) is 0 Å². The summed E-state index contributed by atoms with van der Waals surface area (Å²) in [4.78, 5) is 46.4. The van der Waals surface area contributed by atoms with Gasteiger partial charge in [0, 0.05) is 0 Å². The SMILES string of the molecule is CSCCC(NC(=O)C(CO)NC(=O)CNC(=O)C(N)C(C)O)C(=O)O. The standard InChI is InChI=1S/C14H26N4O7S/c1-7(20)11(15)13(23)16-5-10(21)17-9(6-19)12(22)18-8(14(24)25)3-4-26-2/h7-9,11,19-20H,3-6,15H2,1-2H3,(H,16,23)(H,17,21)(H,18,22)(H,24,25). The number of aliphatic hydroxyl groups is 2. The molecule has 0 aliphatic rings. The average Bonchev–Trinajstić information content (AvgIpc) is 2.59. The van der Waals surface area contributed by atoms with Gasteiger partial charge >= 0.3 is 5.97 Å². The fourth-order valence-electron chi connectivity index (χ4n) is 1.71. The third-order valence-corrected chi connectivity index (χ3v) is 3.95. The van der Waals surface area contributed by atoms with Gasteiger partial charge in [-0.2, -0.15) is 11.8 Å². The molecule has 4 atom stereocenters. The van der Waals surface area contributed by atoms with Crippen LogP contribution in [0.15, 0.2) is 0 Å². The molecular weight excluding hydrogens is 368 g/mol. The lowest BCUT2D eigenvalue weighted by Gasteiger charge is -2.20. The van der Waals surface area contributed by atoms with E-state index in [0.29, 0.717) is 5.75 Å². The Labute approximate surface area is 155 Å². The first-order chi connectivity index (χ1) is 12.1. The van der Waals surface area contributed by atoms with Crippen molar-refractivity contribution in [3.8, 4) is 0 Å². The number of nitrogens with two attached hydrogens (primary N) is 1. The largest absolute Gasteiger partial charge is 0.480 e. The molecule has 3 amide bonds. The Morgan fingerprint density at radius 2 is 1.73 bits per heavy atom. The summed E-state index contributed by atoms with van der Waals surface area (Å²) in [5, 5.41) is 34.1. The van der Waals surface area contributed by atoms with Crippen LogP contribution in [0.2, 0.25) is 0 Å². The Kier molecular flexibility index (Phi) is 11.6. The fraction of sp³-hybridized carbons (Fsp3) is 0.714. The molecule has 8 N–H and O–H groups in total. The summed E-state index contributed by atoms with van der Waals surface area (Å²) in [5.41, 5.74) is 5.39. The van der Waals surface area contributed by atoms with Gasteiger partial charge in [0.05, 0.1) is 19.3 Å². The highest BCUT2D eigenvalue weighted by molar-refractivity contribution is 7.98. The summed E-state index contributed by atoms with van der Waals surface area (Å²) < 4.78 is 0. The van der Waals surface area contributed by atoms with E-state index in [1.807, 2.05) is 0 Å². The Hall–Kier alpha value is -1.89. The van der Waals surface area contributed by atoms with Gasteiger partial charge in [-0.15, -0.1) is 0 Å². The van der Waals surface area contributed by atoms with Crippen LogP contribution in [0.25, 0.3) is 0 Å². The molecule has 0 radical (unpaired) electrons. The van der Waals surface area contributed by atoms with E-state index >= 15 is 0 Å². The summed E-state index contributed by atoms with van der Waals surface area (Å²) in [5.74, 6) is -3.14. The normalized spacial score (nSPS) is 15.3. The number of thioether (sulfide) groups is 1. The lowest BCUT2D eigenvalue weighted by molar-refractivity contribution is -0.142.